The minimum absolute atomic E-state index is 0.129. The van der Waals surface area contributed by atoms with Crippen LogP contribution in [0.25, 0.3) is 11.2 Å². The number of nitrogens with one attached hydrogen (secondary N) is 1. The number of esters is 1. The average molecular weight is 536 g/mol. The van der Waals surface area contributed by atoms with Gasteiger partial charge in [0.2, 0.25) is 5.95 Å². The topological polar surface area (TPSA) is 181 Å². The van der Waals surface area contributed by atoms with Gasteiger partial charge in [0.05, 0.1) is 17.2 Å². The van der Waals surface area contributed by atoms with E-state index in [2.05, 4.69) is 20.3 Å². The third-order valence-corrected chi connectivity index (χ3v) is 6.34. The summed E-state index contributed by atoms with van der Waals surface area (Å²) >= 11 is 5.97. The van der Waals surface area contributed by atoms with Crippen LogP contribution >= 0.6 is 11.6 Å². The molecular formula is C25H22ClN7O5. The third-order valence-electron chi connectivity index (χ3n) is 6.09. The van der Waals surface area contributed by atoms with Gasteiger partial charge in [-0.15, -0.1) is 0 Å². The van der Waals surface area contributed by atoms with Crippen LogP contribution in [0.5, 0.6) is 0 Å². The molecule has 5 rings (SSSR count). The number of imidazole rings is 1. The number of nitriles is 1. The van der Waals surface area contributed by atoms with E-state index in [1.165, 1.54) is 35.2 Å². The van der Waals surface area contributed by atoms with E-state index in [0.717, 1.165) is 5.56 Å². The monoisotopic (exact) mass is 535 g/mol. The van der Waals surface area contributed by atoms with Crippen LogP contribution in [0, 0.1) is 11.3 Å². The lowest BCUT2D eigenvalue weighted by atomic mass is 10.1. The second-order valence-electron chi connectivity index (χ2n) is 8.55. The van der Waals surface area contributed by atoms with Crippen molar-refractivity contribution in [1.29, 1.82) is 5.26 Å². The molecule has 5 N–H and O–H groups in total. The van der Waals surface area contributed by atoms with Crippen molar-refractivity contribution in [1.82, 2.24) is 19.5 Å². The molecule has 1 saturated heterocycles. The molecule has 38 heavy (non-hydrogen) atoms. The molecule has 0 amide bonds. The number of rotatable bonds is 7. The predicted molar refractivity (Wildman–Crippen MR) is 136 cm³/mol. The Labute approximate surface area is 221 Å². The van der Waals surface area contributed by atoms with Crippen molar-refractivity contribution in [3.8, 4) is 6.07 Å². The van der Waals surface area contributed by atoms with E-state index < -0.39 is 30.5 Å². The third kappa shape index (κ3) is 4.96. The first kappa shape index (κ1) is 25.4. The highest BCUT2D eigenvalue weighted by Gasteiger charge is 2.46. The molecule has 12 nitrogen and oxygen atoms in total. The number of nitrogens with zero attached hydrogens (tertiary/aromatic N) is 5. The fourth-order valence-electron chi connectivity index (χ4n) is 4.08. The van der Waals surface area contributed by atoms with Gasteiger partial charge in [0.25, 0.3) is 0 Å². The van der Waals surface area contributed by atoms with Crippen molar-refractivity contribution in [2.45, 2.75) is 31.1 Å². The summed E-state index contributed by atoms with van der Waals surface area (Å²) in [4.78, 5) is 25.2. The standard InChI is InChI=1S/C25H22ClN7O5/c26-16-7-3-14(4-8-16)10-29-25-32-18-21(28)30-12-31-22(18)33(25)23-20(35)19(34)17(38-23)11-37-24(36)15-5-1-13(9-27)2-6-15/h1-8,12,17,19-20,23,34-35H,10-11H2,(H,29,32)(H2,28,30,31)/t17-,19-,20-,23-/m1/s1. The number of halogens is 1. The summed E-state index contributed by atoms with van der Waals surface area (Å²) in [7, 11) is 0. The van der Waals surface area contributed by atoms with Crippen LogP contribution in [0.15, 0.2) is 54.9 Å². The fourth-order valence-corrected chi connectivity index (χ4v) is 4.20. The number of ether oxygens (including phenoxy) is 2. The maximum Gasteiger partial charge on any atom is 0.338 e. The number of nitrogen functional groups attached to an aromatic ring is 1. The van der Waals surface area contributed by atoms with Crippen molar-refractivity contribution in [3.63, 3.8) is 0 Å². The molecule has 4 atom stereocenters. The minimum atomic E-state index is -1.40. The first-order valence-electron chi connectivity index (χ1n) is 11.5. The Hall–Kier alpha value is -4.28. The first-order valence-corrected chi connectivity index (χ1v) is 11.9. The van der Waals surface area contributed by atoms with E-state index in [4.69, 9.17) is 32.1 Å². The summed E-state index contributed by atoms with van der Waals surface area (Å²) in [5.74, 6) is -0.264. The maximum absolute atomic E-state index is 12.4. The number of nitrogens with two attached hydrogens (primary N) is 1. The van der Waals surface area contributed by atoms with Crippen LogP contribution in [0.4, 0.5) is 11.8 Å². The van der Waals surface area contributed by atoms with Crippen molar-refractivity contribution in [2.24, 2.45) is 0 Å². The molecule has 13 heteroatoms. The van der Waals surface area contributed by atoms with Gasteiger partial charge in [-0.25, -0.2) is 19.7 Å². The number of aromatic nitrogens is 4. The molecule has 0 saturated carbocycles. The van der Waals surface area contributed by atoms with Gasteiger partial charge in [0.15, 0.2) is 23.2 Å². The van der Waals surface area contributed by atoms with Gasteiger partial charge in [-0.3, -0.25) is 4.57 Å². The SMILES string of the molecule is N#Cc1ccc(C(=O)OC[C@H]2O[C@@H](n3c(NCc4ccc(Cl)cc4)nc4c(N)ncnc43)[C@H](O)[C@@H]2O)cc1. The highest BCUT2D eigenvalue weighted by Crippen LogP contribution is 2.35. The smallest absolute Gasteiger partial charge is 0.338 e. The van der Waals surface area contributed by atoms with E-state index in [9.17, 15) is 15.0 Å². The second kappa shape index (κ2) is 10.6. The molecule has 1 fully saturated rings. The lowest BCUT2D eigenvalue weighted by molar-refractivity contribution is -0.0557. The Morgan fingerprint density at radius 2 is 1.89 bits per heavy atom. The van der Waals surface area contributed by atoms with Crippen LogP contribution in [-0.2, 0) is 16.0 Å². The molecule has 2 aromatic carbocycles. The van der Waals surface area contributed by atoms with Crippen LogP contribution in [0.1, 0.15) is 27.7 Å². The number of aliphatic hydroxyl groups is 2. The molecule has 0 unspecified atom stereocenters. The molecule has 4 aromatic rings. The highest BCUT2D eigenvalue weighted by molar-refractivity contribution is 6.30. The van der Waals surface area contributed by atoms with Gasteiger partial charge in [-0.05, 0) is 42.0 Å². The zero-order valence-corrected chi connectivity index (χ0v) is 20.5. The number of benzene rings is 2. The Morgan fingerprint density at radius 3 is 2.61 bits per heavy atom. The Balaban J connectivity index is 1.36. The molecule has 194 valence electrons. The van der Waals surface area contributed by atoms with E-state index in [-0.39, 0.29) is 35.1 Å². The zero-order chi connectivity index (χ0) is 26.8. The fraction of sp³-hybridized carbons (Fsp3) is 0.240. The molecule has 0 aliphatic carbocycles. The van der Waals surface area contributed by atoms with E-state index in [0.29, 0.717) is 17.1 Å². The molecule has 3 heterocycles. The van der Waals surface area contributed by atoms with Gasteiger partial charge in [-0.1, -0.05) is 23.7 Å². The summed E-state index contributed by atoms with van der Waals surface area (Å²) < 4.78 is 12.7. The lowest BCUT2D eigenvalue weighted by Crippen LogP contribution is -2.34. The Kier molecular flexibility index (Phi) is 7.08. The Morgan fingerprint density at radius 1 is 1.16 bits per heavy atom. The predicted octanol–water partition coefficient (Wildman–Crippen LogP) is 2.02. The number of carbonyl (C=O) groups excluding carboxylic acids is 1. The Bertz CT molecular complexity index is 1500. The number of carbonyl (C=O) groups is 1. The number of hydrogen-bond acceptors (Lipinski definition) is 11. The molecule has 2 aromatic heterocycles. The first-order chi connectivity index (χ1) is 18.4. The van der Waals surface area contributed by atoms with Crippen LogP contribution < -0.4 is 11.1 Å². The van der Waals surface area contributed by atoms with Crippen molar-refractivity contribution < 1.29 is 24.5 Å². The minimum Gasteiger partial charge on any atom is -0.459 e. The summed E-state index contributed by atoms with van der Waals surface area (Å²) in [5, 5.41) is 34.3. The molecular weight excluding hydrogens is 514 g/mol. The number of fused-ring (bicyclic) bond motifs is 1. The van der Waals surface area contributed by atoms with Crippen LogP contribution in [-0.4, -0.2) is 60.6 Å². The number of hydrogen-bond donors (Lipinski definition) is 4. The van der Waals surface area contributed by atoms with E-state index in [1.54, 1.807) is 12.1 Å². The van der Waals surface area contributed by atoms with Gasteiger partial charge >= 0.3 is 5.97 Å². The molecule has 1 aliphatic heterocycles. The summed E-state index contributed by atoms with van der Waals surface area (Å²) in [6.45, 7) is 0.0235. The second-order valence-corrected chi connectivity index (χ2v) is 8.99. The highest BCUT2D eigenvalue weighted by atomic mass is 35.5. The number of anilines is 2. The average Bonchev–Trinajstić information content (AvgIpc) is 3.44. The zero-order valence-electron chi connectivity index (χ0n) is 19.7. The summed E-state index contributed by atoms with van der Waals surface area (Å²) in [6.07, 6.45) is -3.70. The van der Waals surface area contributed by atoms with Crippen molar-refractivity contribution in [2.75, 3.05) is 17.7 Å². The summed E-state index contributed by atoms with van der Waals surface area (Å²) in [6, 6.07) is 15.1. The molecule has 0 spiro atoms. The molecule has 0 radical (unpaired) electrons. The van der Waals surface area contributed by atoms with Gasteiger partial charge in [0, 0.05) is 11.6 Å². The molecule has 0 bridgehead atoms. The van der Waals surface area contributed by atoms with Crippen molar-refractivity contribution >= 4 is 40.5 Å². The van der Waals surface area contributed by atoms with Gasteiger partial charge < -0.3 is 30.7 Å². The van der Waals surface area contributed by atoms with E-state index in [1.807, 2.05) is 18.2 Å². The quantitative estimate of drug-likeness (QED) is 0.254. The lowest BCUT2D eigenvalue weighted by Gasteiger charge is -2.19. The maximum atomic E-state index is 12.4. The van der Waals surface area contributed by atoms with Crippen LogP contribution in [0.2, 0.25) is 5.02 Å². The molecule has 1 aliphatic rings. The number of aliphatic hydroxyl groups excluding tert-OH is 2. The van der Waals surface area contributed by atoms with Crippen molar-refractivity contribution in [3.05, 3.63) is 76.6 Å². The van der Waals surface area contributed by atoms with Gasteiger partial charge in [0.1, 0.15) is 31.2 Å². The van der Waals surface area contributed by atoms with Gasteiger partial charge in [-0.2, -0.15) is 5.26 Å². The van der Waals surface area contributed by atoms with E-state index >= 15 is 0 Å². The normalized spacial score (nSPS) is 20.8. The summed E-state index contributed by atoms with van der Waals surface area (Å²) in [5.41, 5.74) is 8.12. The largest absolute Gasteiger partial charge is 0.459 e. The van der Waals surface area contributed by atoms with Crippen LogP contribution in [0.3, 0.4) is 0 Å².